The molecule has 3 aromatic rings. The third-order valence-corrected chi connectivity index (χ3v) is 5.25. The van der Waals surface area contributed by atoms with Crippen LogP contribution in [0.1, 0.15) is 17.2 Å². The van der Waals surface area contributed by atoms with E-state index in [0.29, 0.717) is 26.9 Å². The molecule has 1 fully saturated rings. The van der Waals surface area contributed by atoms with Crippen LogP contribution in [0, 0.1) is 0 Å². The van der Waals surface area contributed by atoms with Gasteiger partial charge in [0.05, 0.1) is 11.6 Å². The lowest BCUT2D eigenvalue weighted by molar-refractivity contribution is -0.132. The van der Waals surface area contributed by atoms with Gasteiger partial charge in [-0.3, -0.25) is 14.5 Å². The Balaban J connectivity index is 1.96. The van der Waals surface area contributed by atoms with Crippen LogP contribution in [-0.4, -0.2) is 16.8 Å². The zero-order chi connectivity index (χ0) is 20.5. The number of nitrogens with zero attached hydrogens (tertiary/aromatic N) is 1. The fourth-order valence-electron chi connectivity index (χ4n) is 3.44. The van der Waals surface area contributed by atoms with Crippen molar-refractivity contribution in [2.75, 3.05) is 4.90 Å². The number of carbonyl (C=O) groups excluding carboxylic acids is 2. The van der Waals surface area contributed by atoms with E-state index in [1.807, 2.05) is 0 Å². The molecule has 1 saturated heterocycles. The molecule has 1 aliphatic rings. The smallest absolute Gasteiger partial charge is 0.300 e. The Morgan fingerprint density at radius 1 is 0.828 bits per heavy atom. The summed E-state index contributed by atoms with van der Waals surface area (Å²) in [5.74, 6) is -1.72. The fourth-order valence-corrected chi connectivity index (χ4v) is 3.75. The molecule has 1 atom stereocenters. The molecule has 1 aliphatic heterocycles. The molecule has 4 rings (SSSR count). The van der Waals surface area contributed by atoms with E-state index in [0.717, 1.165) is 0 Å². The van der Waals surface area contributed by atoms with Crippen LogP contribution in [0.15, 0.2) is 84.4 Å². The molecule has 0 aromatic heterocycles. The van der Waals surface area contributed by atoms with Crippen molar-refractivity contribution in [3.63, 3.8) is 0 Å². The van der Waals surface area contributed by atoms with Crippen LogP contribution < -0.4 is 4.90 Å². The second kappa shape index (κ2) is 7.74. The van der Waals surface area contributed by atoms with Crippen molar-refractivity contribution in [1.82, 2.24) is 0 Å². The fraction of sp³-hybridized carbons (Fsp3) is 0.0435. The summed E-state index contributed by atoms with van der Waals surface area (Å²) in [7, 11) is 0. The molecule has 0 bridgehead atoms. The number of aliphatic hydroxyl groups excluding tert-OH is 1. The van der Waals surface area contributed by atoms with Crippen molar-refractivity contribution < 1.29 is 14.7 Å². The van der Waals surface area contributed by atoms with Gasteiger partial charge in [0, 0.05) is 21.3 Å². The average Bonchev–Trinajstić information content (AvgIpc) is 2.99. The molecule has 29 heavy (non-hydrogen) atoms. The second-order valence-electron chi connectivity index (χ2n) is 6.57. The summed E-state index contributed by atoms with van der Waals surface area (Å²) >= 11 is 12.1. The molecule has 0 spiro atoms. The highest BCUT2D eigenvalue weighted by atomic mass is 35.5. The zero-order valence-corrected chi connectivity index (χ0v) is 16.6. The van der Waals surface area contributed by atoms with Crippen molar-refractivity contribution in [3.8, 4) is 0 Å². The summed E-state index contributed by atoms with van der Waals surface area (Å²) in [5.41, 5.74) is 1.58. The highest BCUT2D eigenvalue weighted by Gasteiger charge is 2.46. The lowest BCUT2D eigenvalue weighted by Crippen LogP contribution is -2.29. The van der Waals surface area contributed by atoms with Crippen molar-refractivity contribution in [2.24, 2.45) is 0 Å². The third kappa shape index (κ3) is 3.53. The Kier molecular flexibility index (Phi) is 5.14. The molecule has 1 amide bonds. The summed E-state index contributed by atoms with van der Waals surface area (Å²) < 4.78 is 0. The van der Waals surface area contributed by atoms with Gasteiger partial charge >= 0.3 is 0 Å². The first-order valence-electron chi connectivity index (χ1n) is 8.85. The molecule has 0 saturated carbocycles. The number of hydrogen-bond acceptors (Lipinski definition) is 3. The van der Waals surface area contributed by atoms with Gasteiger partial charge in [0.15, 0.2) is 0 Å². The van der Waals surface area contributed by atoms with Crippen LogP contribution in [0.4, 0.5) is 5.69 Å². The Labute approximate surface area is 177 Å². The van der Waals surface area contributed by atoms with E-state index >= 15 is 0 Å². The molecule has 0 radical (unpaired) electrons. The molecule has 3 aromatic carbocycles. The van der Waals surface area contributed by atoms with Crippen LogP contribution in [-0.2, 0) is 9.59 Å². The quantitative estimate of drug-likeness (QED) is 0.337. The van der Waals surface area contributed by atoms with Crippen LogP contribution >= 0.6 is 23.2 Å². The number of carbonyl (C=O) groups is 2. The lowest BCUT2D eigenvalue weighted by atomic mass is 9.95. The molecule has 1 heterocycles. The van der Waals surface area contributed by atoms with Gasteiger partial charge in [0.1, 0.15) is 5.76 Å². The van der Waals surface area contributed by atoms with Gasteiger partial charge in [-0.1, -0.05) is 71.7 Å². The average molecular weight is 424 g/mol. The van der Waals surface area contributed by atoms with Gasteiger partial charge < -0.3 is 5.11 Å². The molecule has 1 N–H and O–H groups in total. The molecule has 0 aliphatic carbocycles. The number of anilines is 1. The molecule has 144 valence electrons. The van der Waals surface area contributed by atoms with Crippen LogP contribution in [0.2, 0.25) is 10.0 Å². The standard InChI is InChI=1S/C23H15Cl2NO3/c24-16-11-9-14(10-12-16)20-19(21(27)15-5-2-1-3-6-15)22(28)23(29)26(20)18-8-4-7-17(25)13-18/h1-13,20,27H/b21-19+/t20-/m0/s1. The number of Topliss-reactive ketones (excluding diaryl/α,β-unsaturated/α-hetero) is 1. The Hall–Kier alpha value is -3.08. The first-order chi connectivity index (χ1) is 14.0. The zero-order valence-electron chi connectivity index (χ0n) is 15.0. The monoisotopic (exact) mass is 423 g/mol. The van der Waals surface area contributed by atoms with Gasteiger partial charge in [-0.2, -0.15) is 0 Å². The van der Waals surface area contributed by atoms with Gasteiger partial charge in [-0.15, -0.1) is 0 Å². The SMILES string of the molecule is O=C1C(=O)N(c2cccc(Cl)c2)[C@@H](c2ccc(Cl)cc2)/C1=C(\O)c1ccccc1. The Morgan fingerprint density at radius 2 is 1.52 bits per heavy atom. The minimum Gasteiger partial charge on any atom is -0.507 e. The third-order valence-electron chi connectivity index (χ3n) is 4.76. The second-order valence-corrected chi connectivity index (χ2v) is 7.44. The Bertz CT molecular complexity index is 1120. The topological polar surface area (TPSA) is 57.6 Å². The van der Waals surface area contributed by atoms with E-state index in [9.17, 15) is 14.7 Å². The lowest BCUT2D eigenvalue weighted by Gasteiger charge is -2.25. The largest absolute Gasteiger partial charge is 0.507 e. The van der Waals surface area contributed by atoms with Gasteiger partial charge in [0.25, 0.3) is 11.7 Å². The number of amides is 1. The van der Waals surface area contributed by atoms with Gasteiger partial charge in [-0.25, -0.2) is 0 Å². The van der Waals surface area contributed by atoms with Crippen LogP contribution in [0.3, 0.4) is 0 Å². The number of hydrogen-bond donors (Lipinski definition) is 1. The minimum absolute atomic E-state index is 0.0171. The summed E-state index contributed by atoms with van der Waals surface area (Å²) in [4.78, 5) is 27.3. The molecule has 6 heteroatoms. The van der Waals surface area contributed by atoms with Crippen molar-refractivity contribution in [3.05, 3.63) is 106 Å². The van der Waals surface area contributed by atoms with Crippen molar-refractivity contribution in [1.29, 1.82) is 0 Å². The normalized spacial score (nSPS) is 18.3. The predicted molar refractivity (Wildman–Crippen MR) is 114 cm³/mol. The summed E-state index contributed by atoms with van der Waals surface area (Å²) in [6, 6.07) is 21.4. The number of halogens is 2. The number of benzene rings is 3. The number of rotatable bonds is 3. The van der Waals surface area contributed by atoms with Crippen LogP contribution in [0.5, 0.6) is 0 Å². The number of aliphatic hydroxyl groups is 1. The molecular weight excluding hydrogens is 409 g/mol. The maximum atomic E-state index is 13.0. The first-order valence-corrected chi connectivity index (χ1v) is 9.60. The molecule has 4 nitrogen and oxygen atoms in total. The maximum Gasteiger partial charge on any atom is 0.300 e. The minimum atomic E-state index is -0.814. The van der Waals surface area contributed by atoms with Gasteiger partial charge in [-0.05, 0) is 35.9 Å². The molecule has 0 unspecified atom stereocenters. The summed E-state index contributed by atoms with van der Waals surface area (Å²) in [6.45, 7) is 0. The van der Waals surface area contributed by atoms with Crippen molar-refractivity contribution >= 4 is 46.3 Å². The van der Waals surface area contributed by atoms with Gasteiger partial charge in [0.2, 0.25) is 0 Å². The highest BCUT2D eigenvalue weighted by Crippen LogP contribution is 2.42. The van der Waals surface area contributed by atoms with E-state index in [1.54, 1.807) is 78.9 Å². The van der Waals surface area contributed by atoms with E-state index in [4.69, 9.17) is 23.2 Å². The molecular formula is C23H15Cl2NO3. The maximum absolute atomic E-state index is 13.0. The van der Waals surface area contributed by atoms with E-state index in [1.165, 1.54) is 4.90 Å². The van der Waals surface area contributed by atoms with Crippen LogP contribution in [0.25, 0.3) is 5.76 Å². The summed E-state index contributed by atoms with van der Waals surface area (Å²) in [6.07, 6.45) is 0. The highest BCUT2D eigenvalue weighted by molar-refractivity contribution is 6.51. The van der Waals surface area contributed by atoms with E-state index < -0.39 is 17.7 Å². The summed E-state index contributed by atoms with van der Waals surface area (Å²) in [5, 5.41) is 11.9. The Morgan fingerprint density at radius 3 is 2.17 bits per heavy atom. The first kappa shape index (κ1) is 19.2. The van der Waals surface area contributed by atoms with Crippen molar-refractivity contribution in [2.45, 2.75) is 6.04 Å². The van der Waals surface area contributed by atoms with E-state index in [-0.39, 0.29) is 11.3 Å². The van der Waals surface area contributed by atoms with E-state index in [2.05, 4.69) is 0 Å². The predicted octanol–water partition coefficient (Wildman–Crippen LogP) is 5.62. The number of ketones is 1.